The number of carbonyl (C=O) groups excluding carboxylic acids is 1. The molecule has 1 unspecified atom stereocenters. The molecule has 1 N–H and O–H groups in total. The molecule has 1 atom stereocenters. The molecule has 0 heterocycles. The van der Waals surface area contributed by atoms with E-state index in [-0.39, 0.29) is 10.7 Å². The Morgan fingerprint density at radius 2 is 1.84 bits per heavy atom. The molecule has 0 fully saturated rings. The fraction of sp³-hybridized carbons (Fsp3) is 0.562. The maximum absolute atomic E-state index is 12.0. The van der Waals surface area contributed by atoms with E-state index >= 15 is 0 Å². The van der Waals surface area contributed by atoms with Crippen LogP contribution in [0.3, 0.4) is 0 Å². The molecule has 0 aromatic heterocycles. The van der Waals surface area contributed by atoms with E-state index in [2.05, 4.69) is 61.1 Å². The largest absolute Gasteiger partial charge is 0.325 e. The fourth-order valence-corrected chi connectivity index (χ4v) is 2.04. The lowest BCUT2D eigenvalue weighted by atomic mass is 9.94. The molecular formula is C16H24BrNO. The fourth-order valence-electron chi connectivity index (χ4n) is 1.93. The average molecular weight is 326 g/mol. The van der Waals surface area contributed by atoms with Crippen molar-refractivity contribution in [3.8, 4) is 0 Å². The lowest BCUT2D eigenvalue weighted by Crippen LogP contribution is -2.23. The molecule has 1 aromatic carbocycles. The third-order valence-corrected chi connectivity index (χ3v) is 4.33. The number of halogens is 1. The number of rotatable bonds is 5. The zero-order valence-electron chi connectivity index (χ0n) is 12.5. The van der Waals surface area contributed by atoms with Crippen LogP contribution in [0.4, 0.5) is 5.69 Å². The summed E-state index contributed by atoms with van der Waals surface area (Å²) in [4.78, 5) is 11.9. The van der Waals surface area contributed by atoms with Gasteiger partial charge in [-0.1, -0.05) is 62.7 Å². The van der Waals surface area contributed by atoms with Gasteiger partial charge < -0.3 is 5.32 Å². The zero-order chi connectivity index (χ0) is 14.6. The van der Waals surface area contributed by atoms with Gasteiger partial charge in [0.15, 0.2) is 0 Å². The van der Waals surface area contributed by atoms with Crippen LogP contribution in [-0.2, 0) is 4.79 Å². The van der Waals surface area contributed by atoms with E-state index < -0.39 is 0 Å². The standard InChI is InChI=1S/C16H24BrNO/c1-6-14(17)16(19)18-15-8-7-12(10(2)3)9-13(15)11(4)5/h7-11,14H,6H2,1-5H3,(H,18,19). The SMILES string of the molecule is CCC(Br)C(=O)Nc1ccc(C(C)C)cc1C(C)C. The Morgan fingerprint density at radius 1 is 1.21 bits per heavy atom. The number of carbonyl (C=O) groups is 1. The van der Waals surface area contributed by atoms with E-state index in [1.807, 2.05) is 13.0 Å². The Labute approximate surface area is 125 Å². The van der Waals surface area contributed by atoms with Gasteiger partial charge in [-0.15, -0.1) is 0 Å². The number of hydrogen-bond donors (Lipinski definition) is 1. The number of nitrogens with one attached hydrogen (secondary N) is 1. The zero-order valence-corrected chi connectivity index (χ0v) is 14.0. The second-order valence-corrected chi connectivity index (χ2v) is 6.63. The molecule has 0 saturated heterocycles. The van der Waals surface area contributed by atoms with Gasteiger partial charge in [0.25, 0.3) is 0 Å². The van der Waals surface area contributed by atoms with Crippen molar-refractivity contribution in [3.63, 3.8) is 0 Å². The van der Waals surface area contributed by atoms with Gasteiger partial charge in [-0.25, -0.2) is 0 Å². The van der Waals surface area contributed by atoms with Crippen LogP contribution < -0.4 is 5.32 Å². The van der Waals surface area contributed by atoms with E-state index in [0.29, 0.717) is 11.8 Å². The summed E-state index contributed by atoms with van der Waals surface area (Å²) >= 11 is 3.39. The quantitative estimate of drug-likeness (QED) is 0.754. The predicted octanol–water partition coefficient (Wildman–Crippen LogP) is 5.05. The first-order chi connectivity index (χ1) is 8.86. The van der Waals surface area contributed by atoms with Gasteiger partial charge in [0.05, 0.1) is 4.83 Å². The Hall–Kier alpha value is -0.830. The third kappa shape index (κ3) is 4.34. The number of amides is 1. The number of hydrogen-bond acceptors (Lipinski definition) is 1. The molecule has 0 spiro atoms. The second-order valence-electron chi connectivity index (χ2n) is 5.52. The molecule has 3 heteroatoms. The molecule has 0 aliphatic carbocycles. The smallest absolute Gasteiger partial charge is 0.238 e. The highest BCUT2D eigenvalue weighted by Gasteiger charge is 2.16. The Morgan fingerprint density at radius 3 is 2.32 bits per heavy atom. The first-order valence-corrected chi connectivity index (χ1v) is 7.87. The van der Waals surface area contributed by atoms with Gasteiger partial charge in [-0.2, -0.15) is 0 Å². The first-order valence-electron chi connectivity index (χ1n) is 6.95. The highest BCUT2D eigenvalue weighted by molar-refractivity contribution is 9.10. The minimum absolute atomic E-state index is 0.0293. The maximum atomic E-state index is 12.0. The van der Waals surface area contributed by atoms with Gasteiger partial charge in [0.1, 0.15) is 0 Å². The minimum Gasteiger partial charge on any atom is -0.325 e. The molecule has 2 nitrogen and oxygen atoms in total. The molecule has 0 bridgehead atoms. The van der Waals surface area contributed by atoms with E-state index in [9.17, 15) is 4.79 Å². The van der Waals surface area contributed by atoms with Crippen LogP contribution in [0.5, 0.6) is 0 Å². The van der Waals surface area contributed by atoms with Gasteiger partial charge >= 0.3 is 0 Å². The van der Waals surface area contributed by atoms with Crippen LogP contribution in [0.15, 0.2) is 18.2 Å². The molecule has 0 radical (unpaired) electrons. The van der Waals surface area contributed by atoms with Gasteiger partial charge in [-0.3, -0.25) is 4.79 Å². The van der Waals surface area contributed by atoms with Crippen LogP contribution >= 0.6 is 15.9 Å². The summed E-state index contributed by atoms with van der Waals surface area (Å²) in [7, 11) is 0. The highest BCUT2D eigenvalue weighted by atomic mass is 79.9. The van der Waals surface area contributed by atoms with Crippen molar-refractivity contribution >= 4 is 27.5 Å². The summed E-state index contributed by atoms with van der Waals surface area (Å²) in [6.07, 6.45) is 0.785. The van der Waals surface area contributed by atoms with Crippen molar-refractivity contribution in [2.45, 2.75) is 57.7 Å². The molecule has 0 saturated carbocycles. The monoisotopic (exact) mass is 325 g/mol. The Kier molecular flexibility index (Phi) is 6.05. The van der Waals surface area contributed by atoms with Crippen LogP contribution in [0.1, 0.15) is 64.0 Å². The lowest BCUT2D eigenvalue weighted by molar-refractivity contribution is -0.115. The van der Waals surface area contributed by atoms with Crippen molar-refractivity contribution in [1.29, 1.82) is 0 Å². The summed E-state index contributed by atoms with van der Waals surface area (Å²) in [6, 6.07) is 6.33. The second kappa shape index (κ2) is 7.09. The van der Waals surface area contributed by atoms with Gasteiger partial charge in [0, 0.05) is 5.69 Å². The topological polar surface area (TPSA) is 29.1 Å². The Bertz CT molecular complexity index is 440. The van der Waals surface area contributed by atoms with Crippen LogP contribution in [0, 0.1) is 0 Å². The Balaban J connectivity index is 3.04. The lowest BCUT2D eigenvalue weighted by Gasteiger charge is -2.18. The van der Waals surface area contributed by atoms with Crippen LogP contribution in [0.25, 0.3) is 0 Å². The molecule has 0 aliphatic heterocycles. The van der Waals surface area contributed by atoms with Crippen molar-refractivity contribution in [2.24, 2.45) is 0 Å². The van der Waals surface area contributed by atoms with E-state index in [4.69, 9.17) is 0 Å². The van der Waals surface area contributed by atoms with E-state index in [1.54, 1.807) is 0 Å². The molecule has 1 aromatic rings. The molecule has 106 valence electrons. The van der Waals surface area contributed by atoms with Crippen molar-refractivity contribution in [2.75, 3.05) is 5.32 Å². The summed E-state index contributed by atoms with van der Waals surface area (Å²) in [5, 5.41) is 3.02. The molecule has 1 rings (SSSR count). The number of benzene rings is 1. The molecule has 1 amide bonds. The van der Waals surface area contributed by atoms with Crippen LogP contribution in [0.2, 0.25) is 0 Å². The summed E-state index contributed by atoms with van der Waals surface area (Å²) in [5.41, 5.74) is 3.45. The molecular weight excluding hydrogens is 302 g/mol. The van der Waals surface area contributed by atoms with Crippen LogP contribution in [-0.4, -0.2) is 10.7 Å². The van der Waals surface area contributed by atoms with Gasteiger partial charge in [0.2, 0.25) is 5.91 Å². The van der Waals surface area contributed by atoms with E-state index in [1.165, 1.54) is 11.1 Å². The van der Waals surface area contributed by atoms with Crippen molar-refractivity contribution < 1.29 is 4.79 Å². The predicted molar refractivity (Wildman–Crippen MR) is 86.3 cm³/mol. The molecule has 0 aliphatic rings. The van der Waals surface area contributed by atoms with E-state index in [0.717, 1.165) is 12.1 Å². The minimum atomic E-state index is -0.128. The van der Waals surface area contributed by atoms with Gasteiger partial charge in [-0.05, 0) is 35.4 Å². The summed E-state index contributed by atoms with van der Waals surface area (Å²) < 4.78 is 0. The normalized spacial score (nSPS) is 12.8. The molecule has 19 heavy (non-hydrogen) atoms. The van der Waals surface area contributed by atoms with Crippen molar-refractivity contribution in [1.82, 2.24) is 0 Å². The average Bonchev–Trinajstić information content (AvgIpc) is 2.37. The first kappa shape index (κ1) is 16.2. The highest BCUT2D eigenvalue weighted by Crippen LogP contribution is 2.28. The summed E-state index contributed by atoms with van der Waals surface area (Å²) in [5.74, 6) is 0.924. The maximum Gasteiger partial charge on any atom is 0.238 e. The summed E-state index contributed by atoms with van der Waals surface area (Å²) in [6.45, 7) is 10.7. The van der Waals surface area contributed by atoms with Crippen molar-refractivity contribution in [3.05, 3.63) is 29.3 Å². The third-order valence-electron chi connectivity index (χ3n) is 3.27. The number of alkyl halides is 1. The number of anilines is 1.